The molecule has 0 aliphatic carbocycles. The molecule has 9 heavy (non-hydrogen) atoms. The smallest absolute Gasteiger partial charge is 0.358 e. The molecule has 0 rings (SSSR count). The zero-order chi connectivity index (χ0) is 5.86. The van der Waals surface area contributed by atoms with Crippen LogP contribution in [0.1, 0.15) is 20.3 Å². The van der Waals surface area contributed by atoms with Gasteiger partial charge in [-0.1, -0.05) is 13.8 Å². The van der Waals surface area contributed by atoms with Crippen molar-refractivity contribution >= 4 is 0 Å². The summed E-state index contributed by atoms with van der Waals surface area (Å²) in [7, 11) is 0. The van der Waals surface area contributed by atoms with E-state index in [4.69, 9.17) is 0 Å². The van der Waals surface area contributed by atoms with Gasteiger partial charge in [0.15, 0.2) is 0 Å². The SMILES string of the molecule is [CH2-]C(C)CC([CH2-])C.[CH3-].[Sm+3]. The monoisotopic (exact) mass is 265 g/mol. The van der Waals surface area contributed by atoms with Crippen molar-refractivity contribution in [2.45, 2.75) is 20.3 Å². The predicted octanol–water partition coefficient (Wildman–Crippen LogP) is 2.77. The van der Waals surface area contributed by atoms with Crippen LogP contribution in [0.5, 0.6) is 0 Å². The minimum absolute atomic E-state index is 0. The molecule has 0 fully saturated rings. The van der Waals surface area contributed by atoms with Crippen LogP contribution in [0.2, 0.25) is 0 Å². The summed E-state index contributed by atoms with van der Waals surface area (Å²) in [5.74, 6) is 1.12. The van der Waals surface area contributed by atoms with Gasteiger partial charge in [0.2, 0.25) is 0 Å². The Morgan fingerprint density at radius 1 is 1.11 bits per heavy atom. The van der Waals surface area contributed by atoms with Gasteiger partial charge in [0, 0.05) is 0 Å². The molecular formula is C8H17Sm. The topological polar surface area (TPSA) is 0 Å². The molecule has 0 saturated heterocycles. The molecule has 2 atom stereocenters. The van der Waals surface area contributed by atoms with Crippen LogP contribution in [0.4, 0.5) is 0 Å². The first-order chi connectivity index (χ1) is 3.13. The molecule has 0 aromatic heterocycles. The first kappa shape index (κ1) is 16.7. The maximum Gasteiger partial charge on any atom is 3.00 e. The van der Waals surface area contributed by atoms with Crippen LogP contribution in [-0.2, 0) is 0 Å². The van der Waals surface area contributed by atoms with Crippen molar-refractivity contribution < 1.29 is 40.4 Å². The fraction of sp³-hybridized carbons (Fsp3) is 0.625. The first-order valence-electron chi connectivity index (χ1n) is 2.79. The van der Waals surface area contributed by atoms with Crippen LogP contribution in [0.15, 0.2) is 0 Å². The summed E-state index contributed by atoms with van der Waals surface area (Å²) < 4.78 is 0. The maximum absolute atomic E-state index is 3.84. The normalized spacial score (nSPS) is 14.7. The summed E-state index contributed by atoms with van der Waals surface area (Å²) in [6.07, 6.45) is 1.14. The zero-order valence-corrected chi connectivity index (χ0v) is 9.30. The van der Waals surface area contributed by atoms with Gasteiger partial charge in [0.1, 0.15) is 0 Å². The summed E-state index contributed by atoms with van der Waals surface area (Å²) in [6.45, 7) is 11.9. The van der Waals surface area contributed by atoms with Crippen molar-refractivity contribution in [3.05, 3.63) is 21.3 Å². The Morgan fingerprint density at radius 3 is 1.33 bits per heavy atom. The molecule has 0 aromatic rings. The summed E-state index contributed by atoms with van der Waals surface area (Å²) in [5.41, 5.74) is 0. The van der Waals surface area contributed by atoms with E-state index in [0.29, 0.717) is 11.8 Å². The number of hydrogen-bond acceptors (Lipinski definition) is 0. The molecule has 55 valence electrons. The Kier molecular flexibility index (Phi) is 17.4. The Morgan fingerprint density at radius 2 is 1.33 bits per heavy atom. The van der Waals surface area contributed by atoms with Gasteiger partial charge in [-0.3, -0.25) is 0 Å². The van der Waals surface area contributed by atoms with Gasteiger partial charge in [0.05, 0.1) is 0 Å². The van der Waals surface area contributed by atoms with Crippen molar-refractivity contribution in [2.75, 3.05) is 0 Å². The largest absolute Gasteiger partial charge is 3.00 e. The van der Waals surface area contributed by atoms with Crippen LogP contribution in [-0.4, -0.2) is 0 Å². The van der Waals surface area contributed by atoms with Crippen molar-refractivity contribution in [1.29, 1.82) is 0 Å². The Bertz CT molecular complexity index is 33.8. The molecule has 0 bridgehead atoms. The van der Waals surface area contributed by atoms with Crippen molar-refractivity contribution in [3.63, 3.8) is 0 Å². The van der Waals surface area contributed by atoms with E-state index in [1.807, 2.05) is 0 Å². The average molecular weight is 264 g/mol. The molecule has 0 amide bonds. The second-order valence-electron chi connectivity index (χ2n) is 2.45. The van der Waals surface area contributed by atoms with Gasteiger partial charge < -0.3 is 21.3 Å². The van der Waals surface area contributed by atoms with E-state index in [1.54, 1.807) is 0 Å². The minimum Gasteiger partial charge on any atom is -0.358 e. The number of rotatable bonds is 2. The Balaban J connectivity index is -0.000000180. The van der Waals surface area contributed by atoms with Crippen molar-refractivity contribution in [1.82, 2.24) is 0 Å². The predicted molar refractivity (Wildman–Crippen MR) is 40.1 cm³/mol. The molecule has 1 heteroatoms. The van der Waals surface area contributed by atoms with E-state index < -0.39 is 0 Å². The van der Waals surface area contributed by atoms with Crippen molar-refractivity contribution in [2.24, 2.45) is 11.8 Å². The van der Waals surface area contributed by atoms with E-state index >= 15 is 0 Å². The molecule has 0 saturated carbocycles. The van der Waals surface area contributed by atoms with E-state index in [1.165, 1.54) is 0 Å². The molecule has 0 aliphatic heterocycles. The van der Waals surface area contributed by atoms with Gasteiger partial charge in [-0.25, -0.2) is 0 Å². The van der Waals surface area contributed by atoms with Crippen LogP contribution in [0, 0.1) is 73.5 Å². The second kappa shape index (κ2) is 9.34. The van der Waals surface area contributed by atoms with Gasteiger partial charge in [-0.2, -0.15) is 11.8 Å². The van der Waals surface area contributed by atoms with Gasteiger partial charge in [0.25, 0.3) is 0 Å². The zero-order valence-electron chi connectivity index (χ0n) is 6.68. The molecule has 0 heterocycles. The molecule has 0 N–H and O–H groups in total. The van der Waals surface area contributed by atoms with E-state index in [0.717, 1.165) is 6.42 Å². The summed E-state index contributed by atoms with van der Waals surface area (Å²) in [5, 5.41) is 0. The molecule has 0 aliphatic rings. The van der Waals surface area contributed by atoms with Crippen LogP contribution in [0.25, 0.3) is 0 Å². The fourth-order valence-corrected chi connectivity index (χ4v) is 0.687. The third-order valence-corrected chi connectivity index (χ3v) is 0.805. The van der Waals surface area contributed by atoms with Gasteiger partial charge in [-0.05, 0) is 0 Å². The Labute approximate surface area is 92.9 Å². The summed E-state index contributed by atoms with van der Waals surface area (Å²) in [6, 6.07) is 0. The van der Waals surface area contributed by atoms with Crippen LogP contribution in [0.3, 0.4) is 0 Å². The average Bonchev–Trinajstić information content (AvgIpc) is 1.27. The molecule has 0 aromatic carbocycles. The summed E-state index contributed by atoms with van der Waals surface area (Å²) >= 11 is 0. The quantitative estimate of drug-likeness (QED) is 0.672. The maximum atomic E-state index is 3.84. The first-order valence-corrected chi connectivity index (χ1v) is 2.79. The third-order valence-electron chi connectivity index (χ3n) is 0.805. The van der Waals surface area contributed by atoms with Crippen molar-refractivity contribution in [3.8, 4) is 0 Å². The van der Waals surface area contributed by atoms with Crippen LogP contribution < -0.4 is 0 Å². The molecule has 0 nitrogen and oxygen atoms in total. The van der Waals surface area contributed by atoms with Crippen LogP contribution >= 0.6 is 0 Å². The molecule has 1 radical (unpaired) electrons. The summed E-state index contributed by atoms with van der Waals surface area (Å²) in [4.78, 5) is 0. The fourth-order valence-electron chi connectivity index (χ4n) is 0.687. The second-order valence-corrected chi connectivity index (χ2v) is 2.45. The Hall–Kier alpha value is 1.34. The van der Waals surface area contributed by atoms with Gasteiger partial charge in [-0.15, -0.1) is 6.42 Å². The minimum atomic E-state index is 0. The number of hydrogen-bond donors (Lipinski definition) is 0. The molecular weight excluding hydrogens is 246 g/mol. The van der Waals surface area contributed by atoms with E-state index in [2.05, 4.69) is 27.7 Å². The van der Waals surface area contributed by atoms with E-state index in [9.17, 15) is 0 Å². The van der Waals surface area contributed by atoms with E-state index in [-0.39, 0.29) is 47.8 Å². The molecule has 2 unspecified atom stereocenters. The third kappa shape index (κ3) is 17.6. The molecule has 0 spiro atoms. The van der Waals surface area contributed by atoms with Gasteiger partial charge >= 0.3 is 40.4 Å². The standard InChI is InChI=1S/C7H14.CH3.Sm/c1-6(2)5-7(3)4;;/h6-7H,1,3,5H2,2,4H3;1H3;/q-2;-1;+3.